The number of ether oxygens (including phenoxy) is 1. The van der Waals surface area contributed by atoms with Gasteiger partial charge in [0, 0.05) is 12.0 Å². The molecule has 1 unspecified atom stereocenters. The number of aliphatic hydroxyl groups excluding tert-OH is 1. The molecule has 0 saturated carbocycles. The Labute approximate surface area is 81.7 Å². The first-order chi connectivity index (χ1) is 5.90. The minimum atomic E-state index is -0.655. The van der Waals surface area contributed by atoms with Gasteiger partial charge < -0.3 is 14.7 Å². The van der Waals surface area contributed by atoms with Gasteiger partial charge in [-0.3, -0.25) is 0 Å². The van der Waals surface area contributed by atoms with Crippen molar-refractivity contribution in [2.75, 3.05) is 27.2 Å². The molecule has 0 aliphatic heterocycles. The number of rotatable bonds is 6. The lowest BCUT2D eigenvalue weighted by molar-refractivity contribution is -0.166. The van der Waals surface area contributed by atoms with E-state index >= 15 is 0 Å². The third-order valence-corrected chi connectivity index (χ3v) is 2.39. The zero-order valence-electron chi connectivity index (χ0n) is 9.50. The summed E-state index contributed by atoms with van der Waals surface area (Å²) in [5.41, 5.74) is -0.147. The first-order valence-electron chi connectivity index (χ1n) is 4.84. The quantitative estimate of drug-likeness (QED) is 0.640. The van der Waals surface area contributed by atoms with Crippen LogP contribution in [0.3, 0.4) is 0 Å². The van der Waals surface area contributed by atoms with Crippen LogP contribution in [0.5, 0.6) is 0 Å². The standard InChI is InChI=1S/C10H23NO2/c1-6-10(2,3)9(12)13-8-7-11(4)5/h9,12H,6-8H2,1-5H3. The van der Waals surface area contributed by atoms with E-state index < -0.39 is 6.29 Å². The largest absolute Gasteiger partial charge is 0.368 e. The van der Waals surface area contributed by atoms with Gasteiger partial charge in [-0.05, 0) is 20.5 Å². The Morgan fingerprint density at radius 2 is 1.92 bits per heavy atom. The molecule has 1 atom stereocenters. The van der Waals surface area contributed by atoms with E-state index in [0.29, 0.717) is 6.61 Å². The van der Waals surface area contributed by atoms with Gasteiger partial charge in [0.15, 0.2) is 6.29 Å². The minimum Gasteiger partial charge on any atom is -0.368 e. The molecule has 0 radical (unpaired) electrons. The van der Waals surface area contributed by atoms with Crippen LogP contribution in [0.15, 0.2) is 0 Å². The molecule has 0 aliphatic rings. The second-order valence-corrected chi connectivity index (χ2v) is 4.37. The highest BCUT2D eigenvalue weighted by Gasteiger charge is 2.26. The lowest BCUT2D eigenvalue weighted by Gasteiger charge is -2.29. The number of hydrogen-bond acceptors (Lipinski definition) is 3. The van der Waals surface area contributed by atoms with Crippen LogP contribution in [-0.4, -0.2) is 43.5 Å². The maximum Gasteiger partial charge on any atom is 0.159 e. The molecule has 13 heavy (non-hydrogen) atoms. The highest BCUT2D eigenvalue weighted by atomic mass is 16.6. The van der Waals surface area contributed by atoms with Crippen molar-refractivity contribution < 1.29 is 9.84 Å². The van der Waals surface area contributed by atoms with Crippen LogP contribution in [0.25, 0.3) is 0 Å². The fraction of sp³-hybridized carbons (Fsp3) is 1.00. The molecule has 0 bridgehead atoms. The van der Waals surface area contributed by atoms with Crippen molar-refractivity contribution in [3.63, 3.8) is 0 Å². The van der Waals surface area contributed by atoms with Crippen molar-refractivity contribution in [3.05, 3.63) is 0 Å². The van der Waals surface area contributed by atoms with Crippen molar-refractivity contribution in [2.24, 2.45) is 5.41 Å². The molecule has 80 valence electrons. The first-order valence-corrected chi connectivity index (χ1v) is 4.84. The zero-order valence-corrected chi connectivity index (χ0v) is 9.50. The molecule has 0 aromatic heterocycles. The van der Waals surface area contributed by atoms with E-state index in [4.69, 9.17) is 4.74 Å². The van der Waals surface area contributed by atoms with Gasteiger partial charge in [0.2, 0.25) is 0 Å². The Hall–Kier alpha value is -0.120. The third-order valence-electron chi connectivity index (χ3n) is 2.39. The Morgan fingerprint density at radius 1 is 1.38 bits per heavy atom. The van der Waals surface area contributed by atoms with E-state index in [1.807, 2.05) is 32.8 Å². The average molecular weight is 189 g/mol. The predicted octanol–water partition coefficient (Wildman–Crippen LogP) is 1.32. The molecule has 0 aliphatic carbocycles. The van der Waals surface area contributed by atoms with Crippen LogP contribution in [0.4, 0.5) is 0 Å². The summed E-state index contributed by atoms with van der Waals surface area (Å²) in [6.45, 7) is 7.49. The molecule has 0 rings (SSSR count). The zero-order chi connectivity index (χ0) is 10.5. The molecule has 0 heterocycles. The Kier molecular flexibility index (Phi) is 5.53. The summed E-state index contributed by atoms with van der Waals surface area (Å²) in [6.07, 6.45) is 0.258. The van der Waals surface area contributed by atoms with Gasteiger partial charge in [0.05, 0.1) is 6.61 Å². The maximum atomic E-state index is 9.65. The van der Waals surface area contributed by atoms with Crippen LogP contribution in [0.2, 0.25) is 0 Å². The SMILES string of the molecule is CCC(C)(C)C(O)OCCN(C)C. The minimum absolute atomic E-state index is 0.147. The summed E-state index contributed by atoms with van der Waals surface area (Å²) in [4.78, 5) is 2.03. The van der Waals surface area contributed by atoms with Crippen LogP contribution in [-0.2, 0) is 4.74 Å². The van der Waals surface area contributed by atoms with Crippen LogP contribution >= 0.6 is 0 Å². The smallest absolute Gasteiger partial charge is 0.159 e. The van der Waals surface area contributed by atoms with Gasteiger partial charge in [0.1, 0.15) is 0 Å². The first kappa shape index (κ1) is 12.9. The van der Waals surface area contributed by atoms with Crippen molar-refractivity contribution in [3.8, 4) is 0 Å². The van der Waals surface area contributed by atoms with Gasteiger partial charge in [-0.15, -0.1) is 0 Å². The maximum absolute atomic E-state index is 9.65. The fourth-order valence-electron chi connectivity index (χ4n) is 0.747. The van der Waals surface area contributed by atoms with E-state index in [2.05, 4.69) is 6.92 Å². The van der Waals surface area contributed by atoms with E-state index in [1.54, 1.807) is 0 Å². The molecule has 0 aromatic rings. The van der Waals surface area contributed by atoms with E-state index in [1.165, 1.54) is 0 Å². The Bertz CT molecular complexity index is 135. The average Bonchev–Trinajstić information content (AvgIpc) is 2.03. The van der Waals surface area contributed by atoms with Crippen molar-refractivity contribution in [2.45, 2.75) is 33.5 Å². The topological polar surface area (TPSA) is 32.7 Å². The molecule has 0 fully saturated rings. The van der Waals surface area contributed by atoms with Gasteiger partial charge in [-0.25, -0.2) is 0 Å². The number of hydrogen-bond donors (Lipinski definition) is 1. The summed E-state index contributed by atoms with van der Waals surface area (Å²) in [5.74, 6) is 0. The van der Waals surface area contributed by atoms with Crippen LogP contribution in [0, 0.1) is 5.41 Å². The van der Waals surface area contributed by atoms with Gasteiger partial charge in [-0.2, -0.15) is 0 Å². The summed E-state index contributed by atoms with van der Waals surface area (Å²) >= 11 is 0. The van der Waals surface area contributed by atoms with Crippen molar-refractivity contribution in [1.82, 2.24) is 4.90 Å². The number of likely N-dealkylation sites (N-methyl/N-ethyl adjacent to an activating group) is 1. The van der Waals surface area contributed by atoms with Crippen molar-refractivity contribution >= 4 is 0 Å². The predicted molar refractivity (Wildman–Crippen MR) is 54.6 cm³/mol. The normalized spacial score (nSPS) is 15.0. The van der Waals surface area contributed by atoms with E-state index in [-0.39, 0.29) is 5.41 Å². The fourth-order valence-corrected chi connectivity index (χ4v) is 0.747. The van der Waals surface area contributed by atoms with Crippen molar-refractivity contribution in [1.29, 1.82) is 0 Å². The monoisotopic (exact) mass is 189 g/mol. The molecule has 3 nitrogen and oxygen atoms in total. The number of aliphatic hydroxyl groups is 1. The lowest BCUT2D eigenvalue weighted by atomic mass is 9.90. The van der Waals surface area contributed by atoms with Gasteiger partial charge >= 0.3 is 0 Å². The molecule has 0 spiro atoms. The molecule has 0 saturated heterocycles. The molecule has 0 amide bonds. The van der Waals surface area contributed by atoms with E-state index in [0.717, 1.165) is 13.0 Å². The van der Waals surface area contributed by atoms with Gasteiger partial charge in [-0.1, -0.05) is 20.8 Å². The Balaban J connectivity index is 3.68. The lowest BCUT2D eigenvalue weighted by Crippen LogP contribution is -2.33. The molecule has 0 aromatic carbocycles. The highest BCUT2D eigenvalue weighted by Crippen LogP contribution is 2.25. The summed E-state index contributed by atoms with van der Waals surface area (Å²) in [6, 6.07) is 0. The molecular weight excluding hydrogens is 166 g/mol. The summed E-state index contributed by atoms with van der Waals surface area (Å²) in [7, 11) is 3.97. The molecular formula is C10H23NO2. The van der Waals surface area contributed by atoms with Crippen LogP contribution in [0.1, 0.15) is 27.2 Å². The second kappa shape index (κ2) is 5.58. The summed E-state index contributed by atoms with van der Waals surface area (Å²) < 4.78 is 5.32. The molecule has 3 heteroatoms. The van der Waals surface area contributed by atoms with Crippen LogP contribution < -0.4 is 0 Å². The highest BCUT2D eigenvalue weighted by molar-refractivity contribution is 4.69. The second-order valence-electron chi connectivity index (χ2n) is 4.37. The number of nitrogens with zero attached hydrogens (tertiary/aromatic N) is 1. The Morgan fingerprint density at radius 3 is 2.31 bits per heavy atom. The molecule has 1 N–H and O–H groups in total. The third kappa shape index (κ3) is 5.24. The van der Waals surface area contributed by atoms with E-state index in [9.17, 15) is 5.11 Å². The summed E-state index contributed by atoms with van der Waals surface area (Å²) in [5, 5.41) is 9.65. The van der Waals surface area contributed by atoms with Gasteiger partial charge in [0.25, 0.3) is 0 Å².